The molecule has 0 saturated heterocycles. The predicted octanol–water partition coefficient (Wildman–Crippen LogP) is 2.68. The Morgan fingerprint density at radius 2 is 2.06 bits per heavy atom. The number of hydrogen-bond donors (Lipinski definition) is 1. The lowest BCUT2D eigenvalue weighted by molar-refractivity contribution is -0.136. The Labute approximate surface area is 99.8 Å². The summed E-state index contributed by atoms with van der Waals surface area (Å²) in [6.45, 7) is 2.03. The van der Waals surface area contributed by atoms with Crippen molar-refractivity contribution < 1.29 is 9.90 Å². The molecule has 3 nitrogen and oxygen atoms in total. The van der Waals surface area contributed by atoms with Crippen molar-refractivity contribution in [3.63, 3.8) is 0 Å². The van der Waals surface area contributed by atoms with Crippen molar-refractivity contribution in [2.75, 3.05) is 0 Å². The molecule has 0 spiro atoms. The van der Waals surface area contributed by atoms with Gasteiger partial charge in [-0.3, -0.25) is 9.78 Å². The van der Waals surface area contributed by atoms with Crippen molar-refractivity contribution >= 4 is 5.97 Å². The number of nitrogens with zero attached hydrogens (tertiary/aromatic N) is 1. The average Bonchev–Trinajstić information content (AvgIpc) is 2.28. The SMILES string of the molecule is Cc1cccc(-c2cncc(CC(=O)O)c2)c1. The van der Waals surface area contributed by atoms with Gasteiger partial charge < -0.3 is 5.11 Å². The van der Waals surface area contributed by atoms with E-state index < -0.39 is 5.97 Å². The molecule has 0 aliphatic carbocycles. The third kappa shape index (κ3) is 2.91. The molecule has 0 radical (unpaired) electrons. The second-order valence-corrected chi connectivity index (χ2v) is 4.02. The van der Waals surface area contributed by atoms with E-state index in [1.165, 1.54) is 5.56 Å². The van der Waals surface area contributed by atoms with Crippen molar-refractivity contribution in [1.29, 1.82) is 0 Å². The second kappa shape index (κ2) is 4.78. The normalized spacial score (nSPS) is 10.2. The van der Waals surface area contributed by atoms with Gasteiger partial charge >= 0.3 is 5.97 Å². The van der Waals surface area contributed by atoms with Crippen LogP contribution in [0.25, 0.3) is 11.1 Å². The van der Waals surface area contributed by atoms with Crippen molar-refractivity contribution in [3.05, 3.63) is 53.9 Å². The average molecular weight is 227 g/mol. The molecule has 0 saturated carbocycles. The summed E-state index contributed by atoms with van der Waals surface area (Å²) in [5, 5.41) is 8.74. The molecule has 1 heterocycles. The molecule has 17 heavy (non-hydrogen) atoms. The Hall–Kier alpha value is -2.16. The number of aryl methyl sites for hydroxylation is 1. The fourth-order valence-corrected chi connectivity index (χ4v) is 1.74. The molecule has 0 fully saturated rings. The van der Waals surface area contributed by atoms with Gasteiger partial charge in [0.2, 0.25) is 0 Å². The molecule has 0 bridgehead atoms. The van der Waals surface area contributed by atoms with Crippen LogP contribution in [0, 0.1) is 6.92 Å². The van der Waals surface area contributed by atoms with Gasteiger partial charge in [0.1, 0.15) is 0 Å². The number of hydrogen-bond acceptors (Lipinski definition) is 2. The highest BCUT2D eigenvalue weighted by molar-refractivity contribution is 5.71. The maximum absolute atomic E-state index is 10.6. The predicted molar refractivity (Wildman–Crippen MR) is 65.7 cm³/mol. The molecule has 0 aliphatic heterocycles. The maximum Gasteiger partial charge on any atom is 0.307 e. The molecule has 1 aromatic heterocycles. The number of carboxylic acid groups (broad SMARTS) is 1. The van der Waals surface area contributed by atoms with Gasteiger partial charge in [-0.1, -0.05) is 29.8 Å². The van der Waals surface area contributed by atoms with E-state index in [4.69, 9.17) is 5.11 Å². The summed E-state index contributed by atoms with van der Waals surface area (Å²) in [7, 11) is 0. The minimum absolute atomic E-state index is 0.00660. The highest BCUT2D eigenvalue weighted by atomic mass is 16.4. The van der Waals surface area contributed by atoms with Crippen LogP contribution in [0.4, 0.5) is 0 Å². The highest BCUT2D eigenvalue weighted by Crippen LogP contribution is 2.20. The summed E-state index contributed by atoms with van der Waals surface area (Å²) < 4.78 is 0. The molecule has 2 rings (SSSR count). The first-order chi connectivity index (χ1) is 8.15. The molecule has 1 N–H and O–H groups in total. The van der Waals surface area contributed by atoms with E-state index in [0.29, 0.717) is 0 Å². The fourth-order valence-electron chi connectivity index (χ4n) is 1.74. The van der Waals surface area contributed by atoms with E-state index in [0.717, 1.165) is 16.7 Å². The Morgan fingerprint density at radius 3 is 2.76 bits per heavy atom. The van der Waals surface area contributed by atoms with E-state index >= 15 is 0 Å². The van der Waals surface area contributed by atoms with Crippen molar-refractivity contribution in [1.82, 2.24) is 4.98 Å². The quantitative estimate of drug-likeness (QED) is 0.877. The topological polar surface area (TPSA) is 50.2 Å². The van der Waals surface area contributed by atoms with Crippen LogP contribution in [-0.4, -0.2) is 16.1 Å². The van der Waals surface area contributed by atoms with E-state index in [1.807, 2.05) is 31.2 Å². The summed E-state index contributed by atoms with van der Waals surface area (Å²) >= 11 is 0. The number of benzene rings is 1. The zero-order valence-corrected chi connectivity index (χ0v) is 9.55. The molecule has 0 unspecified atom stereocenters. The lowest BCUT2D eigenvalue weighted by atomic mass is 10.0. The van der Waals surface area contributed by atoms with Crippen LogP contribution in [-0.2, 0) is 11.2 Å². The Balaban J connectivity index is 2.36. The molecule has 0 amide bonds. The third-order valence-corrected chi connectivity index (χ3v) is 2.50. The Morgan fingerprint density at radius 1 is 1.24 bits per heavy atom. The van der Waals surface area contributed by atoms with Gasteiger partial charge in [0.05, 0.1) is 6.42 Å². The molecule has 86 valence electrons. The summed E-state index contributed by atoms with van der Waals surface area (Å²) in [4.78, 5) is 14.7. The first-order valence-corrected chi connectivity index (χ1v) is 5.38. The largest absolute Gasteiger partial charge is 0.481 e. The lowest BCUT2D eigenvalue weighted by Crippen LogP contribution is -2.00. The van der Waals surface area contributed by atoms with Crippen molar-refractivity contribution in [2.24, 2.45) is 0 Å². The number of carbonyl (C=O) groups is 1. The van der Waals surface area contributed by atoms with Gasteiger partial charge in [0, 0.05) is 18.0 Å². The number of pyridine rings is 1. The van der Waals surface area contributed by atoms with E-state index in [9.17, 15) is 4.79 Å². The lowest BCUT2D eigenvalue weighted by Gasteiger charge is -2.04. The summed E-state index contributed by atoms with van der Waals surface area (Å²) in [5.74, 6) is -0.840. The van der Waals surface area contributed by atoms with Crippen LogP contribution in [0.2, 0.25) is 0 Å². The molecular weight excluding hydrogens is 214 g/mol. The maximum atomic E-state index is 10.6. The van der Waals surface area contributed by atoms with Crippen LogP contribution in [0.5, 0.6) is 0 Å². The fraction of sp³-hybridized carbons (Fsp3) is 0.143. The third-order valence-electron chi connectivity index (χ3n) is 2.50. The number of rotatable bonds is 3. The van der Waals surface area contributed by atoms with E-state index in [1.54, 1.807) is 12.4 Å². The van der Waals surface area contributed by atoms with Gasteiger partial charge in [-0.05, 0) is 24.1 Å². The van der Waals surface area contributed by atoms with Crippen LogP contribution in [0.15, 0.2) is 42.7 Å². The number of carboxylic acids is 1. The van der Waals surface area contributed by atoms with Gasteiger partial charge in [-0.2, -0.15) is 0 Å². The monoisotopic (exact) mass is 227 g/mol. The van der Waals surface area contributed by atoms with Crippen LogP contribution >= 0.6 is 0 Å². The summed E-state index contributed by atoms with van der Waals surface area (Å²) in [6.07, 6.45) is 3.35. The first-order valence-electron chi connectivity index (χ1n) is 5.38. The molecule has 2 aromatic rings. The zero-order chi connectivity index (χ0) is 12.3. The molecule has 0 atom stereocenters. The van der Waals surface area contributed by atoms with Gasteiger partial charge in [-0.15, -0.1) is 0 Å². The first kappa shape index (κ1) is 11.3. The number of aliphatic carboxylic acids is 1. The van der Waals surface area contributed by atoms with Gasteiger partial charge in [0.25, 0.3) is 0 Å². The van der Waals surface area contributed by atoms with E-state index in [-0.39, 0.29) is 6.42 Å². The molecule has 3 heteroatoms. The van der Waals surface area contributed by atoms with Crippen LogP contribution < -0.4 is 0 Å². The van der Waals surface area contributed by atoms with Crippen molar-refractivity contribution in [3.8, 4) is 11.1 Å². The Kier molecular flexibility index (Phi) is 3.19. The minimum atomic E-state index is -0.840. The summed E-state index contributed by atoms with van der Waals surface area (Å²) in [5.41, 5.74) is 3.90. The van der Waals surface area contributed by atoms with E-state index in [2.05, 4.69) is 11.1 Å². The Bertz CT molecular complexity index is 549. The molecule has 0 aliphatic rings. The zero-order valence-electron chi connectivity index (χ0n) is 9.55. The van der Waals surface area contributed by atoms with Crippen LogP contribution in [0.1, 0.15) is 11.1 Å². The van der Waals surface area contributed by atoms with Crippen molar-refractivity contribution in [2.45, 2.75) is 13.3 Å². The second-order valence-electron chi connectivity index (χ2n) is 4.02. The number of aromatic nitrogens is 1. The summed E-state index contributed by atoms with van der Waals surface area (Å²) in [6, 6.07) is 9.93. The standard InChI is InChI=1S/C14H13NO2/c1-10-3-2-4-12(5-10)13-6-11(7-14(16)17)8-15-9-13/h2-6,8-9H,7H2,1H3,(H,16,17). The van der Waals surface area contributed by atoms with Crippen LogP contribution in [0.3, 0.4) is 0 Å². The molecular formula is C14H13NO2. The van der Waals surface area contributed by atoms with Gasteiger partial charge in [-0.25, -0.2) is 0 Å². The smallest absolute Gasteiger partial charge is 0.307 e. The molecule has 1 aromatic carbocycles. The van der Waals surface area contributed by atoms with Gasteiger partial charge in [0.15, 0.2) is 0 Å². The minimum Gasteiger partial charge on any atom is -0.481 e. The highest BCUT2D eigenvalue weighted by Gasteiger charge is 2.03.